The fourth-order valence-corrected chi connectivity index (χ4v) is 3.00. The molecule has 0 aliphatic heterocycles. The maximum Gasteiger partial charge on any atom is 0.223 e. The van der Waals surface area contributed by atoms with Gasteiger partial charge in [-0.05, 0) is 49.4 Å². The quantitative estimate of drug-likeness (QED) is 0.369. The maximum absolute atomic E-state index is 11.8. The van der Waals surface area contributed by atoms with Crippen molar-refractivity contribution in [3.8, 4) is 0 Å². The van der Waals surface area contributed by atoms with E-state index in [0.717, 1.165) is 25.1 Å². The van der Waals surface area contributed by atoms with Crippen molar-refractivity contribution in [2.75, 3.05) is 13.2 Å². The smallest absolute Gasteiger partial charge is 0.223 e. The number of hydrogen-bond donors (Lipinski definition) is 3. The Kier molecular flexibility index (Phi) is 19.8. The lowest BCUT2D eigenvalue weighted by molar-refractivity contribution is -0.124. The molecule has 1 aromatic carbocycles. The molecule has 0 bridgehead atoms. The Bertz CT molecular complexity index is 634. The van der Waals surface area contributed by atoms with Crippen LogP contribution in [0.2, 0.25) is 0 Å². The Morgan fingerprint density at radius 2 is 1.74 bits per heavy atom. The first-order valence-corrected chi connectivity index (χ1v) is 11.9. The number of nitrogens with one attached hydrogen (secondary N) is 2. The number of carbonyl (C=O) groups is 1. The standard InChI is InChI=1S/C15H21NO.C7H15N3.2C2H6/c1-4-11-9-14(16-15(17)10(2)3)13-8-6-5-7-12(11)13;1-3-9-6-10-5-4-7(2)8;2*1-2/h5-8,10-11,14H,4,9H2,1-3H3,(H,16,17);4-5,9H,3,6,8H2,1-2H3;2*1-2H3/b;7-4+,10-5-;;. The van der Waals surface area contributed by atoms with Crippen LogP contribution in [0.4, 0.5) is 0 Å². The molecule has 1 aliphatic carbocycles. The van der Waals surface area contributed by atoms with Gasteiger partial charge in [0, 0.05) is 17.8 Å². The highest BCUT2D eigenvalue weighted by molar-refractivity contribution is 5.78. The van der Waals surface area contributed by atoms with E-state index in [1.807, 2.05) is 55.4 Å². The van der Waals surface area contributed by atoms with Crippen molar-refractivity contribution >= 4 is 12.1 Å². The number of nitrogens with two attached hydrogens (primary N) is 1. The van der Waals surface area contributed by atoms with Crippen LogP contribution >= 0.6 is 0 Å². The zero-order valence-corrected chi connectivity index (χ0v) is 21.5. The average Bonchev–Trinajstić information content (AvgIpc) is 3.14. The van der Waals surface area contributed by atoms with Crippen molar-refractivity contribution in [1.82, 2.24) is 10.6 Å². The minimum absolute atomic E-state index is 0.0582. The molecule has 5 heteroatoms. The van der Waals surface area contributed by atoms with E-state index in [1.165, 1.54) is 11.1 Å². The largest absolute Gasteiger partial charge is 0.402 e. The van der Waals surface area contributed by atoms with Gasteiger partial charge < -0.3 is 11.1 Å². The van der Waals surface area contributed by atoms with Gasteiger partial charge in [-0.1, -0.05) is 79.7 Å². The van der Waals surface area contributed by atoms with Crippen molar-refractivity contribution < 1.29 is 4.79 Å². The molecule has 1 amide bonds. The van der Waals surface area contributed by atoms with Crippen LogP contribution in [0.5, 0.6) is 0 Å². The van der Waals surface area contributed by atoms with Crippen molar-refractivity contribution in [2.24, 2.45) is 16.6 Å². The van der Waals surface area contributed by atoms with E-state index in [-0.39, 0.29) is 17.9 Å². The predicted molar refractivity (Wildman–Crippen MR) is 137 cm³/mol. The Balaban J connectivity index is 0. The molecule has 1 aliphatic rings. The first-order chi connectivity index (χ1) is 14.9. The van der Waals surface area contributed by atoms with Crippen molar-refractivity contribution in [1.29, 1.82) is 0 Å². The summed E-state index contributed by atoms with van der Waals surface area (Å²) >= 11 is 0. The number of benzene rings is 1. The van der Waals surface area contributed by atoms with Gasteiger partial charge in [-0.15, -0.1) is 0 Å². The normalized spacial score (nSPS) is 16.9. The van der Waals surface area contributed by atoms with Gasteiger partial charge in [0.1, 0.15) is 0 Å². The Morgan fingerprint density at radius 1 is 1.16 bits per heavy atom. The lowest BCUT2D eigenvalue weighted by Crippen LogP contribution is -2.30. The molecule has 178 valence electrons. The van der Waals surface area contributed by atoms with Gasteiger partial charge in [0.25, 0.3) is 0 Å². The summed E-state index contributed by atoms with van der Waals surface area (Å²) in [6.45, 7) is 19.6. The topological polar surface area (TPSA) is 79.5 Å². The third kappa shape index (κ3) is 13.0. The summed E-state index contributed by atoms with van der Waals surface area (Å²) in [4.78, 5) is 15.8. The van der Waals surface area contributed by atoms with Crippen LogP contribution in [0, 0.1) is 5.92 Å². The van der Waals surface area contributed by atoms with Crippen LogP contribution in [0.1, 0.15) is 98.2 Å². The van der Waals surface area contributed by atoms with Crippen LogP contribution in [-0.4, -0.2) is 25.3 Å². The number of amides is 1. The molecule has 0 aromatic heterocycles. The second-order valence-corrected chi connectivity index (χ2v) is 7.19. The molecular formula is C26H48N4O. The fourth-order valence-electron chi connectivity index (χ4n) is 3.00. The molecule has 0 radical (unpaired) electrons. The SMILES string of the molecule is CC.CC.CCC1CC(NC(=O)C(C)C)c2ccccc21.CCNC/N=C\C=C(/C)N. The van der Waals surface area contributed by atoms with E-state index in [1.54, 1.807) is 12.3 Å². The first-order valence-electron chi connectivity index (χ1n) is 11.9. The number of nitrogens with zero attached hydrogens (tertiary/aromatic N) is 1. The summed E-state index contributed by atoms with van der Waals surface area (Å²) in [6, 6.07) is 8.71. The van der Waals surface area contributed by atoms with E-state index in [4.69, 9.17) is 5.73 Å². The van der Waals surface area contributed by atoms with Crippen molar-refractivity contribution in [2.45, 2.75) is 87.1 Å². The summed E-state index contributed by atoms with van der Waals surface area (Å²) in [5.74, 6) is 0.813. The van der Waals surface area contributed by atoms with Gasteiger partial charge in [-0.25, -0.2) is 0 Å². The molecule has 1 aromatic rings. The Hall–Kier alpha value is -2.14. The molecule has 31 heavy (non-hydrogen) atoms. The molecule has 4 N–H and O–H groups in total. The van der Waals surface area contributed by atoms with Crippen molar-refractivity contribution in [3.05, 3.63) is 47.2 Å². The fraction of sp³-hybridized carbons (Fsp3) is 0.615. The zero-order valence-electron chi connectivity index (χ0n) is 21.5. The molecule has 0 heterocycles. The van der Waals surface area contributed by atoms with Gasteiger partial charge in [-0.2, -0.15) is 0 Å². The van der Waals surface area contributed by atoms with Gasteiger partial charge in [0.05, 0.1) is 12.7 Å². The lowest BCUT2D eigenvalue weighted by atomic mass is 9.99. The summed E-state index contributed by atoms with van der Waals surface area (Å²) < 4.78 is 0. The van der Waals surface area contributed by atoms with E-state index in [0.29, 0.717) is 12.6 Å². The van der Waals surface area contributed by atoms with E-state index >= 15 is 0 Å². The first kappa shape index (κ1) is 31.0. The highest BCUT2D eigenvalue weighted by Crippen LogP contribution is 2.41. The zero-order chi connectivity index (χ0) is 24.2. The highest BCUT2D eigenvalue weighted by Gasteiger charge is 2.30. The number of fused-ring (bicyclic) bond motifs is 1. The number of rotatable bonds is 7. The van der Waals surface area contributed by atoms with Crippen LogP contribution in [0.15, 0.2) is 41.0 Å². The summed E-state index contributed by atoms with van der Waals surface area (Å²) in [5, 5.41) is 6.21. The summed E-state index contributed by atoms with van der Waals surface area (Å²) in [7, 11) is 0. The molecule has 5 nitrogen and oxygen atoms in total. The Morgan fingerprint density at radius 3 is 2.23 bits per heavy atom. The van der Waals surface area contributed by atoms with Crippen molar-refractivity contribution in [3.63, 3.8) is 0 Å². The molecule has 0 saturated heterocycles. The number of hydrogen-bond acceptors (Lipinski definition) is 4. The predicted octanol–water partition coefficient (Wildman–Crippen LogP) is 5.94. The van der Waals surface area contributed by atoms with Gasteiger partial charge in [0.15, 0.2) is 0 Å². The monoisotopic (exact) mass is 432 g/mol. The average molecular weight is 433 g/mol. The number of carbonyl (C=O) groups excluding carboxylic acids is 1. The number of aliphatic imine (C=N–C) groups is 1. The van der Waals surface area contributed by atoms with Crippen LogP contribution in [-0.2, 0) is 4.79 Å². The van der Waals surface area contributed by atoms with Crippen LogP contribution in [0.25, 0.3) is 0 Å². The summed E-state index contributed by atoms with van der Waals surface area (Å²) in [5.41, 5.74) is 8.87. The van der Waals surface area contributed by atoms with Crippen LogP contribution in [0.3, 0.4) is 0 Å². The summed E-state index contributed by atoms with van der Waals surface area (Å²) in [6.07, 6.45) is 5.68. The van der Waals surface area contributed by atoms with Gasteiger partial charge in [0.2, 0.25) is 5.91 Å². The third-order valence-electron chi connectivity index (χ3n) is 4.56. The molecule has 0 saturated carbocycles. The highest BCUT2D eigenvalue weighted by atomic mass is 16.1. The third-order valence-corrected chi connectivity index (χ3v) is 4.56. The minimum atomic E-state index is 0.0582. The van der Waals surface area contributed by atoms with E-state index in [2.05, 4.69) is 46.8 Å². The van der Waals surface area contributed by atoms with Gasteiger partial charge >= 0.3 is 0 Å². The molecular weight excluding hydrogens is 384 g/mol. The molecule has 2 atom stereocenters. The van der Waals surface area contributed by atoms with E-state index < -0.39 is 0 Å². The Labute approximate surface area is 192 Å². The second-order valence-electron chi connectivity index (χ2n) is 7.19. The minimum Gasteiger partial charge on any atom is -0.402 e. The molecule has 0 spiro atoms. The maximum atomic E-state index is 11.8. The van der Waals surface area contributed by atoms with E-state index in [9.17, 15) is 4.79 Å². The molecule has 2 unspecified atom stereocenters. The molecule has 2 rings (SSSR count). The van der Waals surface area contributed by atoms with Gasteiger partial charge in [-0.3, -0.25) is 15.1 Å². The lowest BCUT2D eigenvalue weighted by Gasteiger charge is -2.16. The second kappa shape index (κ2) is 19.8. The number of allylic oxidation sites excluding steroid dienone is 2. The molecule has 0 fully saturated rings. The van der Waals surface area contributed by atoms with Crippen LogP contribution < -0.4 is 16.4 Å².